The van der Waals surface area contributed by atoms with Gasteiger partial charge in [-0.05, 0) is 37.8 Å². The Bertz CT molecular complexity index is 1160. The molecule has 1 saturated heterocycles. The fourth-order valence-corrected chi connectivity index (χ4v) is 4.31. The Morgan fingerprint density at radius 3 is 2.81 bits per heavy atom. The Morgan fingerprint density at radius 1 is 1.32 bits per heavy atom. The molecule has 2 amide bonds. The number of aromatic hydroxyl groups is 1. The summed E-state index contributed by atoms with van der Waals surface area (Å²) in [5.41, 5.74) is -1.79. The van der Waals surface area contributed by atoms with E-state index in [0.717, 1.165) is 25.3 Å². The fraction of sp³-hybridized carbons (Fsp3) is 0.381. The van der Waals surface area contributed by atoms with Crippen LogP contribution in [0.3, 0.4) is 0 Å². The van der Waals surface area contributed by atoms with Crippen molar-refractivity contribution in [1.29, 1.82) is 0 Å². The minimum absolute atomic E-state index is 0.137. The Kier molecular flexibility index (Phi) is 5.47. The average molecular weight is 452 g/mol. The van der Waals surface area contributed by atoms with Crippen molar-refractivity contribution in [1.82, 2.24) is 14.8 Å². The second kappa shape index (κ2) is 7.96. The number of rotatable bonds is 3. The third-order valence-electron chi connectivity index (χ3n) is 5.85. The number of nitrogens with one attached hydrogen (secondary N) is 1. The number of benzene rings is 1. The molecule has 2 aromatic rings. The van der Waals surface area contributed by atoms with Crippen molar-refractivity contribution in [2.75, 3.05) is 13.1 Å². The first kappa shape index (κ1) is 21.3. The number of hydrogen-bond acceptors (Lipinski definition) is 4. The summed E-state index contributed by atoms with van der Waals surface area (Å²) in [6, 6.07) is 0.870. The van der Waals surface area contributed by atoms with Crippen molar-refractivity contribution >= 4 is 23.4 Å². The zero-order chi connectivity index (χ0) is 22.4. The first-order chi connectivity index (χ1) is 14.7. The molecule has 2 bridgehead atoms. The second-order valence-electron chi connectivity index (χ2n) is 7.84. The Labute approximate surface area is 181 Å². The first-order valence-corrected chi connectivity index (χ1v) is 10.3. The summed E-state index contributed by atoms with van der Waals surface area (Å²) in [7, 11) is 0. The molecule has 164 valence electrons. The Balaban J connectivity index is 1.67. The summed E-state index contributed by atoms with van der Waals surface area (Å²) in [4.78, 5) is 39.6. The molecule has 2 aliphatic heterocycles. The highest BCUT2D eigenvalue weighted by atomic mass is 35.5. The van der Waals surface area contributed by atoms with E-state index in [1.807, 2.05) is 0 Å². The van der Waals surface area contributed by atoms with E-state index < -0.39 is 52.3 Å². The van der Waals surface area contributed by atoms with Gasteiger partial charge in [-0.2, -0.15) is 0 Å². The van der Waals surface area contributed by atoms with Crippen molar-refractivity contribution in [3.63, 3.8) is 0 Å². The quantitative estimate of drug-likeness (QED) is 0.702. The van der Waals surface area contributed by atoms with Gasteiger partial charge >= 0.3 is 0 Å². The Hall–Kier alpha value is -2.94. The van der Waals surface area contributed by atoms with Crippen LogP contribution in [0.1, 0.15) is 57.3 Å². The Morgan fingerprint density at radius 2 is 2.06 bits per heavy atom. The van der Waals surface area contributed by atoms with Gasteiger partial charge in [-0.25, -0.2) is 8.78 Å². The number of aromatic nitrogens is 1. The van der Waals surface area contributed by atoms with E-state index in [0.29, 0.717) is 13.1 Å². The van der Waals surface area contributed by atoms with Gasteiger partial charge in [0.1, 0.15) is 17.2 Å². The van der Waals surface area contributed by atoms with Gasteiger partial charge < -0.3 is 19.9 Å². The minimum atomic E-state index is -1.01. The molecule has 0 radical (unpaired) electrons. The molecule has 1 unspecified atom stereocenters. The second-order valence-corrected chi connectivity index (χ2v) is 8.22. The maximum absolute atomic E-state index is 14.3. The molecule has 0 saturated carbocycles. The van der Waals surface area contributed by atoms with Crippen LogP contribution in [-0.4, -0.2) is 39.5 Å². The number of carbonyl (C=O) groups excluding carboxylic acids is 2. The van der Waals surface area contributed by atoms with Crippen LogP contribution in [0.25, 0.3) is 0 Å². The molecular formula is C21H20ClF2N3O4. The van der Waals surface area contributed by atoms with Crippen molar-refractivity contribution < 1.29 is 23.5 Å². The van der Waals surface area contributed by atoms with Crippen LogP contribution in [0.15, 0.2) is 17.1 Å². The summed E-state index contributed by atoms with van der Waals surface area (Å²) in [6.45, 7) is 1.87. The van der Waals surface area contributed by atoms with Crippen LogP contribution >= 0.6 is 11.6 Å². The molecule has 0 spiro atoms. The van der Waals surface area contributed by atoms with E-state index in [1.54, 1.807) is 4.90 Å². The zero-order valence-corrected chi connectivity index (χ0v) is 17.4. The van der Waals surface area contributed by atoms with Gasteiger partial charge in [-0.1, -0.05) is 11.6 Å². The first-order valence-electron chi connectivity index (χ1n) is 9.89. The molecule has 3 heterocycles. The number of aryl methyl sites for hydroxylation is 1. The highest BCUT2D eigenvalue weighted by Gasteiger charge is 2.36. The van der Waals surface area contributed by atoms with Gasteiger partial charge in [0.15, 0.2) is 11.4 Å². The molecule has 10 heteroatoms. The summed E-state index contributed by atoms with van der Waals surface area (Å²) >= 11 is 5.81. The maximum Gasteiger partial charge on any atom is 0.274 e. The van der Waals surface area contributed by atoms with Gasteiger partial charge in [-0.3, -0.25) is 14.4 Å². The normalized spacial score (nSPS) is 17.9. The number of fused-ring (bicyclic) bond motifs is 4. The van der Waals surface area contributed by atoms with Gasteiger partial charge in [0.05, 0.1) is 11.1 Å². The lowest BCUT2D eigenvalue weighted by Crippen LogP contribution is -2.44. The third kappa shape index (κ3) is 3.56. The molecule has 1 aromatic heterocycles. The van der Waals surface area contributed by atoms with Crippen molar-refractivity contribution in [2.45, 2.75) is 38.8 Å². The maximum atomic E-state index is 14.3. The van der Waals surface area contributed by atoms with E-state index in [-0.39, 0.29) is 22.3 Å². The van der Waals surface area contributed by atoms with Gasteiger partial charge in [0, 0.05) is 31.4 Å². The monoisotopic (exact) mass is 451 g/mol. The zero-order valence-electron chi connectivity index (χ0n) is 16.7. The predicted molar refractivity (Wildman–Crippen MR) is 108 cm³/mol. The van der Waals surface area contributed by atoms with Crippen LogP contribution in [0.2, 0.25) is 5.02 Å². The van der Waals surface area contributed by atoms with Crippen LogP contribution < -0.4 is 10.7 Å². The van der Waals surface area contributed by atoms with Crippen molar-refractivity contribution in [2.24, 2.45) is 0 Å². The lowest BCUT2D eigenvalue weighted by molar-refractivity contribution is 0.0677. The molecule has 7 nitrogen and oxygen atoms in total. The van der Waals surface area contributed by atoms with Crippen molar-refractivity contribution in [3.05, 3.63) is 61.5 Å². The number of carbonyl (C=O) groups is 2. The number of halogens is 3. The molecule has 2 N–H and O–H groups in total. The van der Waals surface area contributed by atoms with E-state index in [9.17, 15) is 28.3 Å². The van der Waals surface area contributed by atoms with E-state index in [4.69, 9.17) is 11.6 Å². The van der Waals surface area contributed by atoms with Crippen LogP contribution in [-0.2, 0) is 6.54 Å². The predicted octanol–water partition coefficient (Wildman–Crippen LogP) is 2.90. The lowest BCUT2D eigenvalue weighted by atomic mass is 10.1. The highest BCUT2D eigenvalue weighted by Crippen LogP contribution is 2.32. The smallest absolute Gasteiger partial charge is 0.274 e. The molecule has 2 aliphatic rings. The van der Waals surface area contributed by atoms with Crippen LogP contribution in [0, 0.1) is 18.6 Å². The highest BCUT2D eigenvalue weighted by molar-refractivity contribution is 6.31. The molecule has 0 aliphatic carbocycles. The lowest BCUT2D eigenvalue weighted by Gasteiger charge is -2.34. The summed E-state index contributed by atoms with van der Waals surface area (Å²) in [6.07, 6.45) is 3.63. The third-order valence-corrected chi connectivity index (χ3v) is 6.31. The number of hydrogen-bond donors (Lipinski definition) is 2. The van der Waals surface area contributed by atoms with E-state index >= 15 is 0 Å². The van der Waals surface area contributed by atoms with Gasteiger partial charge in [0.2, 0.25) is 5.43 Å². The molecule has 4 rings (SSSR count). The largest absolute Gasteiger partial charge is 0.503 e. The summed E-state index contributed by atoms with van der Waals surface area (Å²) in [5.74, 6) is -4.06. The summed E-state index contributed by atoms with van der Waals surface area (Å²) < 4.78 is 29.9. The standard InChI is InChI=1S/C21H20ClF2N3O4/c1-10-6-14(23)12(16(24)15(10)22)7-25-20(30)13-9-27-11-4-2-3-5-26(8-11)21(31)17(27)19(29)18(13)28/h6,9,11,29H,2-5,7-8H2,1H3,(H,25,30). The SMILES string of the molecule is Cc1cc(F)c(CNC(=O)c2cn3c(c(O)c2=O)C(=O)N2CCCCC3C2)c(F)c1Cl. The fourth-order valence-electron chi connectivity index (χ4n) is 4.14. The van der Waals surface area contributed by atoms with E-state index in [1.165, 1.54) is 17.7 Å². The molecule has 1 fully saturated rings. The molecule has 1 aromatic carbocycles. The van der Waals surface area contributed by atoms with Gasteiger partial charge in [-0.15, -0.1) is 0 Å². The molecule has 1 atom stereocenters. The molecule has 31 heavy (non-hydrogen) atoms. The van der Waals surface area contributed by atoms with Crippen molar-refractivity contribution in [3.8, 4) is 5.75 Å². The van der Waals surface area contributed by atoms with E-state index in [2.05, 4.69) is 5.32 Å². The summed E-state index contributed by atoms with van der Waals surface area (Å²) in [5, 5.41) is 12.5. The minimum Gasteiger partial charge on any atom is -0.503 e. The van der Waals surface area contributed by atoms with Crippen LogP contribution in [0.5, 0.6) is 5.75 Å². The average Bonchev–Trinajstić information content (AvgIpc) is 2.96. The number of amides is 2. The molecular weight excluding hydrogens is 432 g/mol. The number of nitrogens with zero attached hydrogens (tertiary/aromatic N) is 2. The van der Waals surface area contributed by atoms with Gasteiger partial charge in [0.25, 0.3) is 11.8 Å². The number of pyridine rings is 1. The topological polar surface area (TPSA) is 91.6 Å². The van der Waals surface area contributed by atoms with Crippen LogP contribution in [0.4, 0.5) is 8.78 Å².